The average Bonchev–Trinajstić information content (AvgIpc) is 2.97. The van der Waals surface area contributed by atoms with Crippen LogP contribution in [0.1, 0.15) is 29.5 Å². The summed E-state index contributed by atoms with van der Waals surface area (Å²) in [4.78, 5) is 32.6. The molecule has 1 fully saturated rings. The van der Waals surface area contributed by atoms with Gasteiger partial charge in [-0.1, -0.05) is 66.7 Å². The van der Waals surface area contributed by atoms with Gasteiger partial charge in [-0.15, -0.1) is 13.2 Å². The molecule has 1 aliphatic heterocycles. The Balaban J connectivity index is 1.81. The minimum absolute atomic E-state index is 0.0953. The minimum Gasteiger partial charge on any atom is -0.497 e. The zero-order valence-corrected chi connectivity index (χ0v) is 22.7. The number of ether oxygens (including phenoxy) is 2. The second-order valence-electron chi connectivity index (χ2n) is 9.78. The quantitative estimate of drug-likeness (QED) is 0.291. The topological polar surface area (TPSA) is 59.1 Å². The van der Waals surface area contributed by atoms with Crippen molar-refractivity contribution >= 4 is 11.8 Å². The number of hydrogen-bond acceptors (Lipinski definition) is 4. The van der Waals surface area contributed by atoms with Crippen LogP contribution in [0, 0.1) is 0 Å². The highest BCUT2D eigenvalue weighted by atomic mass is 16.5. The van der Waals surface area contributed by atoms with Crippen molar-refractivity contribution in [2.75, 3.05) is 14.2 Å². The number of benzene rings is 3. The standard InChI is InChI=1S/C33H36N2O4/c1-5-10-30-31(36)35(24-27-15-19-29(39-4)20-16-27)33(21-6-2,22-25-11-8-7-9-12-25)32(37)34(30)23-26-13-17-28(38-3)18-14-26/h5-9,11-20,30H,1-2,10,21-24H2,3-4H3/t30-,33+/m0/s1. The molecule has 0 unspecified atom stereocenters. The predicted molar refractivity (Wildman–Crippen MR) is 153 cm³/mol. The molecule has 3 aromatic carbocycles. The summed E-state index contributed by atoms with van der Waals surface area (Å²) in [6, 6.07) is 24.4. The normalized spacial score (nSPS) is 19.1. The van der Waals surface area contributed by atoms with E-state index in [0.29, 0.717) is 32.4 Å². The lowest BCUT2D eigenvalue weighted by Gasteiger charge is -2.52. The molecule has 0 spiro atoms. The molecule has 2 amide bonds. The van der Waals surface area contributed by atoms with Gasteiger partial charge in [0.2, 0.25) is 11.8 Å². The molecule has 0 N–H and O–H groups in total. The number of nitrogens with zero attached hydrogens (tertiary/aromatic N) is 2. The molecule has 1 heterocycles. The minimum atomic E-state index is -1.13. The monoisotopic (exact) mass is 524 g/mol. The highest BCUT2D eigenvalue weighted by molar-refractivity contribution is 6.00. The summed E-state index contributed by atoms with van der Waals surface area (Å²) in [7, 11) is 3.24. The zero-order valence-electron chi connectivity index (χ0n) is 22.7. The van der Waals surface area contributed by atoms with E-state index in [0.717, 1.165) is 28.2 Å². The lowest BCUT2D eigenvalue weighted by Crippen LogP contribution is -2.71. The lowest BCUT2D eigenvalue weighted by atomic mass is 9.80. The van der Waals surface area contributed by atoms with Gasteiger partial charge in [-0.3, -0.25) is 9.59 Å². The Bertz CT molecular complexity index is 1290. The second-order valence-corrected chi connectivity index (χ2v) is 9.78. The van der Waals surface area contributed by atoms with Crippen LogP contribution in [-0.2, 0) is 29.1 Å². The third-order valence-corrected chi connectivity index (χ3v) is 7.33. The number of rotatable bonds is 12. The Morgan fingerprint density at radius 1 is 0.769 bits per heavy atom. The molecule has 202 valence electrons. The molecule has 0 radical (unpaired) electrons. The van der Waals surface area contributed by atoms with Crippen LogP contribution in [0.15, 0.2) is 104 Å². The van der Waals surface area contributed by atoms with E-state index in [1.165, 1.54) is 0 Å². The molecule has 1 aliphatic rings. The van der Waals surface area contributed by atoms with Gasteiger partial charge in [0.1, 0.15) is 23.1 Å². The van der Waals surface area contributed by atoms with E-state index in [-0.39, 0.29) is 11.8 Å². The van der Waals surface area contributed by atoms with Gasteiger partial charge in [0.05, 0.1) is 14.2 Å². The van der Waals surface area contributed by atoms with Gasteiger partial charge in [-0.2, -0.15) is 0 Å². The maximum absolute atomic E-state index is 14.7. The molecule has 1 saturated heterocycles. The van der Waals surface area contributed by atoms with Crippen molar-refractivity contribution in [3.63, 3.8) is 0 Å². The van der Waals surface area contributed by atoms with Crippen LogP contribution < -0.4 is 9.47 Å². The zero-order chi connectivity index (χ0) is 27.8. The number of amides is 2. The lowest BCUT2D eigenvalue weighted by molar-refractivity contribution is -0.172. The SMILES string of the molecule is C=CC[C@H]1C(=O)N(Cc2ccc(OC)cc2)[C@](CC=C)(Cc2ccccc2)C(=O)N1Cc1ccc(OC)cc1. The predicted octanol–water partition coefficient (Wildman–Crippen LogP) is 5.58. The van der Waals surface area contributed by atoms with Crippen LogP contribution in [0.25, 0.3) is 0 Å². The van der Waals surface area contributed by atoms with Crippen LogP contribution >= 0.6 is 0 Å². The Hall–Kier alpha value is -4.32. The van der Waals surface area contributed by atoms with Gasteiger partial charge in [-0.25, -0.2) is 0 Å². The molecule has 2 atom stereocenters. The number of piperazine rings is 1. The largest absolute Gasteiger partial charge is 0.497 e. The first-order valence-electron chi connectivity index (χ1n) is 13.1. The van der Waals surface area contributed by atoms with Crippen molar-refractivity contribution in [3.8, 4) is 11.5 Å². The van der Waals surface area contributed by atoms with Crippen LogP contribution in [0.4, 0.5) is 0 Å². The smallest absolute Gasteiger partial charge is 0.250 e. The van der Waals surface area contributed by atoms with Gasteiger partial charge in [0.25, 0.3) is 0 Å². The average molecular weight is 525 g/mol. The van der Waals surface area contributed by atoms with E-state index in [1.54, 1.807) is 36.2 Å². The summed E-state index contributed by atoms with van der Waals surface area (Å²) in [5.74, 6) is 1.27. The van der Waals surface area contributed by atoms with Crippen molar-refractivity contribution in [3.05, 3.63) is 121 Å². The highest BCUT2D eigenvalue weighted by Crippen LogP contribution is 2.37. The van der Waals surface area contributed by atoms with Crippen molar-refractivity contribution < 1.29 is 19.1 Å². The summed E-state index contributed by atoms with van der Waals surface area (Å²) in [6.45, 7) is 8.48. The molecule has 39 heavy (non-hydrogen) atoms. The molecule has 0 aromatic heterocycles. The summed E-state index contributed by atoms with van der Waals surface area (Å²) < 4.78 is 10.6. The third kappa shape index (κ3) is 5.90. The van der Waals surface area contributed by atoms with Gasteiger partial charge in [-0.05, 0) is 53.8 Å². The second kappa shape index (κ2) is 12.5. The Labute approximate surface area is 231 Å². The summed E-state index contributed by atoms with van der Waals surface area (Å²) in [6.07, 6.45) is 4.51. The maximum Gasteiger partial charge on any atom is 0.250 e. The fourth-order valence-corrected chi connectivity index (χ4v) is 5.30. The highest BCUT2D eigenvalue weighted by Gasteiger charge is 2.55. The number of carbonyl (C=O) groups excluding carboxylic acids is 2. The van der Waals surface area contributed by atoms with E-state index >= 15 is 0 Å². The summed E-state index contributed by atoms with van der Waals surface area (Å²) in [5, 5.41) is 0. The van der Waals surface area contributed by atoms with Gasteiger partial charge in [0, 0.05) is 19.5 Å². The van der Waals surface area contributed by atoms with Crippen LogP contribution in [0.2, 0.25) is 0 Å². The first kappa shape index (κ1) is 27.7. The van der Waals surface area contributed by atoms with Crippen molar-refractivity contribution in [2.24, 2.45) is 0 Å². The van der Waals surface area contributed by atoms with E-state index in [2.05, 4.69) is 13.2 Å². The molecular formula is C33H36N2O4. The summed E-state index contributed by atoms with van der Waals surface area (Å²) in [5.41, 5.74) is 1.68. The van der Waals surface area contributed by atoms with Gasteiger partial charge >= 0.3 is 0 Å². The molecule has 4 rings (SSSR count). The maximum atomic E-state index is 14.7. The number of hydrogen-bond donors (Lipinski definition) is 0. The number of methoxy groups -OCH3 is 2. The molecular weight excluding hydrogens is 488 g/mol. The van der Waals surface area contributed by atoms with E-state index < -0.39 is 11.6 Å². The Kier molecular flexibility index (Phi) is 8.87. The molecule has 0 aliphatic carbocycles. The summed E-state index contributed by atoms with van der Waals surface area (Å²) >= 11 is 0. The van der Waals surface area contributed by atoms with E-state index in [1.807, 2.05) is 78.9 Å². The van der Waals surface area contributed by atoms with E-state index in [4.69, 9.17) is 9.47 Å². The molecule has 6 nitrogen and oxygen atoms in total. The third-order valence-electron chi connectivity index (χ3n) is 7.33. The Morgan fingerprint density at radius 2 is 1.33 bits per heavy atom. The van der Waals surface area contributed by atoms with Crippen molar-refractivity contribution in [2.45, 2.75) is 43.9 Å². The number of carbonyl (C=O) groups is 2. The van der Waals surface area contributed by atoms with Crippen LogP contribution in [0.5, 0.6) is 11.5 Å². The van der Waals surface area contributed by atoms with Crippen LogP contribution in [-0.4, -0.2) is 47.4 Å². The molecule has 6 heteroatoms. The molecule has 0 bridgehead atoms. The van der Waals surface area contributed by atoms with Crippen LogP contribution in [0.3, 0.4) is 0 Å². The van der Waals surface area contributed by atoms with Crippen molar-refractivity contribution in [1.29, 1.82) is 0 Å². The molecule has 0 saturated carbocycles. The van der Waals surface area contributed by atoms with Crippen molar-refractivity contribution in [1.82, 2.24) is 9.80 Å². The van der Waals surface area contributed by atoms with Gasteiger partial charge < -0.3 is 19.3 Å². The fraction of sp³-hybridized carbons (Fsp3) is 0.273. The first-order valence-corrected chi connectivity index (χ1v) is 13.1. The Morgan fingerprint density at radius 3 is 1.85 bits per heavy atom. The first-order chi connectivity index (χ1) is 18.9. The van der Waals surface area contributed by atoms with Gasteiger partial charge in [0.15, 0.2) is 0 Å². The molecule has 3 aromatic rings. The fourth-order valence-electron chi connectivity index (χ4n) is 5.30. The van der Waals surface area contributed by atoms with E-state index in [9.17, 15) is 9.59 Å².